The van der Waals surface area contributed by atoms with Gasteiger partial charge >= 0.3 is 0 Å². The molecule has 5 heteroatoms. The number of rotatable bonds is 2. The van der Waals surface area contributed by atoms with Crippen molar-refractivity contribution in [1.29, 1.82) is 0 Å². The van der Waals surface area contributed by atoms with E-state index in [0.717, 1.165) is 30.8 Å². The Bertz CT molecular complexity index is 590. The molecule has 4 nitrogen and oxygen atoms in total. The zero-order chi connectivity index (χ0) is 12.5. The van der Waals surface area contributed by atoms with Gasteiger partial charge in [-0.3, -0.25) is 9.67 Å². The first-order valence-corrected chi connectivity index (χ1v) is 6.59. The van der Waals surface area contributed by atoms with Crippen LogP contribution in [0.5, 0.6) is 0 Å². The van der Waals surface area contributed by atoms with Gasteiger partial charge in [0.2, 0.25) is 0 Å². The number of aromatic nitrogens is 3. The molecule has 0 spiro atoms. The van der Waals surface area contributed by atoms with Crippen molar-refractivity contribution in [3.05, 3.63) is 40.9 Å². The van der Waals surface area contributed by atoms with Crippen molar-refractivity contribution in [2.24, 2.45) is 0 Å². The zero-order valence-electron chi connectivity index (χ0n) is 9.91. The van der Waals surface area contributed by atoms with Crippen LogP contribution in [0, 0.1) is 4.77 Å². The quantitative estimate of drug-likeness (QED) is 0.817. The zero-order valence-corrected chi connectivity index (χ0v) is 10.7. The number of benzene rings is 1. The van der Waals surface area contributed by atoms with Crippen molar-refractivity contribution in [2.75, 3.05) is 0 Å². The van der Waals surface area contributed by atoms with Crippen LogP contribution >= 0.6 is 12.2 Å². The Morgan fingerprint density at radius 2 is 2.06 bits per heavy atom. The summed E-state index contributed by atoms with van der Waals surface area (Å²) in [6.45, 7) is 0. The molecule has 0 aliphatic heterocycles. The number of aliphatic hydroxyl groups is 1. The molecule has 18 heavy (non-hydrogen) atoms. The molecule has 0 saturated heterocycles. The number of hydrogen-bond acceptors (Lipinski definition) is 3. The SMILES string of the molecule is O[C@H]1CCC[C@H]1c1n[nH]c(=S)n1-c1ccccc1. The maximum Gasteiger partial charge on any atom is 0.199 e. The highest BCUT2D eigenvalue weighted by Crippen LogP contribution is 2.34. The Kier molecular flexibility index (Phi) is 3.01. The molecule has 1 aromatic carbocycles. The number of nitrogens with zero attached hydrogens (tertiary/aromatic N) is 2. The number of aromatic amines is 1. The lowest BCUT2D eigenvalue weighted by atomic mass is 10.1. The molecule has 1 saturated carbocycles. The molecule has 0 bridgehead atoms. The van der Waals surface area contributed by atoms with Crippen LogP contribution in [0.4, 0.5) is 0 Å². The maximum atomic E-state index is 10.0. The fourth-order valence-corrected chi connectivity index (χ4v) is 2.87. The summed E-state index contributed by atoms with van der Waals surface area (Å²) in [5.74, 6) is 0.925. The minimum atomic E-state index is -0.308. The van der Waals surface area contributed by atoms with Gasteiger partial charge in [0.1, 0.15) is 5.82 Å². The van der Waals surface area contributed by atoms with Gasteiger partial charge in [0, 0.05) is 11.6 Å². The highest BCUT2D eigenvalue weighted by Gasteiger charge is 2.31. The van der Waals surface area contributed by atoms with Crippen LogP contribution in [0.3, 0.4) is 0 Å². The van der Waals surface area contributed by atoms with Crippen LogP contribution in [0.15, 0.2) is 30.3 Å². The van der Waals surface area contributed by atoms with Gasteiger partial charge < -0.3 is 5.11 Å². The van der Waals surface area contributed by atoms with Gasteiger partial charge in [-0.2, -0.15) is 5.10 Å². The molecule has 1 fully saturated rings. The van der Waals surface area contributed by atoms with Crippen molar-refractivity contribution < 1.29 is 5.11 Å². The molecule has 3 rings (SSSR count). The van der Waals surface area contributed by atoms with Crippen LogP contribution < -0.4 is 0 Å². The largest absolute Gasteiger partial charge is 0.392 e. The second kappa shape index (κ2) is 4.66. The number of hydrogen-bond donors (Lipinski definition) is 2. The Balaban J connectivity index is 2.10. The number of aliphatic hydroxyl groups excluding tert-OH is 1. The van der Waals surface area contributed by atoms with Crippen molar-refractivity contribution in [3.63, 3.8) is 0 Å². The summed E-state index contributed by atoms with van der Waals surface area (Å²) < 4.78 is 2.50. The Morgan fingerprint density at radius 1 is 1.28 bits per heavy atom. The lowest BCUT2D eigenvalue weighted by Crippen LogP contribution is -2.16. The third-order valence-electron chi connectivity index (χ3n) is 3.52. The molecule has 0 unspecified atom stereocenters. The van der Waals surface area contributed by atoms with Crippen LogP contribution in [0.25, 0.3) is 5.69 Å². The minimum Gasteiger partial charge on any atom is -0.392 e. The molecule has 1 aromatic heterocycles. The predicted molar refractivity (Wildman–Crippen MR) is 71.3 cm³/mol. The van der Waals surface area contributed by atoms with E-state index in [9.17, 15) is 5.11 Å². The van der Waals surface area contributed by atoms with Crippen molar-refractivity contribution in [1.82, 2.24) is 14.8 Å². The molecule has 2 N–H and O–H groups in total. The number of nitrogens with one attached hydrogen (secondary N) is 1. The van der Waals surface area contributed by atoms with Gasteiger partial charge in [-0.05, 0) is 37.2 Å². The van der Waals surface area contributed by atoms with E-state index in [1.165, 1.54) is 0 Å². The number of para-hydroxylation sites is 1. The topological polar surface area (TPSA) is 53.8 Å². The monoisotopic (exact) mass is 261 g/mol. The molecule has 94 valence electrons. The molecule has 0 radical (unpaired) electrons. The first kappa shape index (κ1) is 11.6. The summed E-state index contributed by atoms with van der Waals surface area (Å²) in [6, 6.07) is 9.90. The van der Waals surface area contributed by atoms with Crippen LogP contribution in [-0.2, 0) is 0 Å². The lowest BCUT2D eigenvalue weighted by molar-refractivity contribution is 0.160. The van der Waals surface area contributed by atoms with Crippen molar-refractivity contribution in [3.8, 4) is 5.69 Å². The van der Waals surface area contributed by atoms with Crippen molar-refractivity contribution >= 4 is 12.2 Å². The average molecular weight is 261 g/mol. The Labute approximate surface area is 110 Å². The summed E-state index contributed by atoms with van der Waals surface area (Å²) in [7, 11) is 0. The highest BCUT2D eigenvalue weighted by molar-refractivity contribution is 7.71. The number of H-pyrrole nitrogens is 1. The Hall–Kier alpha value is -1.46. The van der Waals surface area contributed by atoms with Gasteiger partial charge in [-0.25, -0.2) is 0 Å². The summed E-state index contributed by atoms with van der Waals surface area (Å²) >= 11 is 5.29. The van der Waals surface area contributed by atoms with E-state index < -0.39 is 0 Å². The first-order valence-electron chi connectivity index (χ1n) is 6.18. The molecular weight excluding hydrogens is 246 g/mol. The van der Waals surface area contributed by atoms with E-state index >= 15 is 0 Å². The lowest BCUT2D eigenvalue weighted by Gasteiger charge is -2.15. The summed E-state index contributed by atoms with van der Waals surface area (Å²) in [5.41, 5.74) is 0.991. The van der Waals surface area contributed by atoms with Crippen LogP contribution in [0.1, 0.15) is 31.0 Å². The van der Waals surface area contributed by atoms with E-state index in [2.05, 4.69) is 10.2 Å². The smallest absolute Gasteiger partial charge is 0.199 e. The second-order valence-corrected chi connectivity index (χ2v) is 5.05. The maximum absolute atomic E-state index is 10.0. The van der Waals surface area contributed by atoms with Crippen molar-refractivity contribution in [2.45, 2.75) is 31.3 Å². The van der Waals surface area contributed by atoms with Crippen LogP contribution in [-0.4, -0.2) is 26.0 Å². The first-order chi connectivity index (χ1) is 8.77. The van der Waals surface area contributed by atoms with Gasteiger partial charge in [-0.1, -0.05) is 24.6 Å². The summed E-state index contributed by atoms with van der Waals surface area (Å²) in [6.07, 6.45) is 2.55. The fourth-order valence-electron chi connectivity index (χ4n) is 2.63. The summed E-state index contributed by atoms with van der Waals surface area (Å²) in [5, 5.41) is 17.2. The summed E-state index contributed by atoms with van der Waals surface area (Å²) in [4.78, 5) is 0. The van der Waals surface area contributed by atoms with Crippen LogP contribution in [0.2, 0.25) is 0 Å². The van der Waals surface area contributed by atoms with E-state index in [4.69, 9.17) is 12.2 Å². The van der Waals surface area contributed by atoms with E-state index in [-0.39, 0.29) is 12.0 Å². The normalized spacial score (nSPS) is 23.4. The molecule has 2 aromatic rings. The standard InChI is InChI=1S/C13H15N3OS/c17-11-8-4-7-10(11)12-14-15-13(18)16(12)9-5-2-1-3-6-9/h1-3,5-6,10-11,17H,4,7-8H2,(H,15,18)/t10-,11+/m1/s1. The molecule has 1 aliphatic rings. The fraction of sp³-hybridized carbons (Fsp3) is 0.385. The van der Waals surface area contributed by atoms with Gasteiger partial charge in [0.15, 0.2) is 4.77 Å². The average Bonchev–Trinajstić information content (AvgIpc) is 2.96. The van der Waals surface area contributed by atoms with E-state index in [1.807, 2.05) is 34.9 Å². The molecule has 2 atom stereocenters. The minimum absolute atomic E-state index is 0.0816. The van der Waals surface area contributed by atoms with Gasteiger partial charge in [0.25, 0.3) is 0 Å². The van der Waals surface area contributed by atoms with E-state index in [0.29, 0.717) is 4.77 Å². The third-order valence-corrected chi connectivity index (χ3v) is 3.80. The van der Waals surface area contributed by atoms with Gasteiger partial charge in [-0.15, -0.1) is 0 Å². The third kappa shape index (κ3) is 1.89. The highest BCUT2D eigenvalue weighted by atomic mass is 32.1. The Morgan fingerprint density at radius 3 is 2.72 bits per heavy atom. The predicted octanol–water partition coefficient (Wildman–Crippen LogP) is 2.56. The van der Waals surface area contributed by atoms with Gasteiger partial charge in [0.05, 0.1) is 6.10 Å². The molecule has 0 amide bonds. The second-order valence-electron chi connectivity index (χ2n) is 4.66. The van der Waals surface area contributed by atoms with E-state index in [1.54, 1.807) is 0 Å². The molecule has 1 aliphatic carbocycles. The molecule has 1 heterocycles. The molecular formula is C13H15N3OS.